The normalized spacial score (nSPS) is 15.1. The Labute approximate surface area is 195 Å². The number of nitrogens with zero attached hydrogens (tertiary/aromatic N) is 2. The van der Waals surface area contributed by atoms with E-state index in [2.05, 4.69) is 41.6 Å². The van der Waals surface area contributed by atoms with Crippen LogP contribution in [0.3, 0.4) is 0 Å². The highest BCUT2D eigenvalue weighted by Gasteiger charge is 2.20. The Hall–Kier alpha value is -3.15. The van der Waals surface area contributed by atoms with Crippen molar-refractivity contribution in [3.05, 3.63) is 71.7 Å². The van der Waals surface area contributed by atoms with Crippen LogP contribution >= 0.6 is 0 Å². The van der Waals surface area contributed by atoms with E-state index in [1.165, 1.54) is 18.4 Å². The summed E-state index contributed by atoms with van der Waals surface area (Å²) in [6.07, 6.45) is 7.51. The van der Waals surface area contributed by atoms with Crippen molar-refractivity contribution in [3.8, 4) is 0 Å². The van der Waals surface area contributed by atoms with E-state index in [0.29, 0.717) is 35.5 Å². The first-order chi connectivity index (χ1) is 16.0. The highest BCUT2D eigenvalue weighted by atomic mass is 16.2. The Morgan fingerprint density at radius 2 is 1.82 bits per heavy atom. The lowest BCUT2D eigenvalue weighted by Gasteiger charge is -2.20. The summed E-state index contributed by atoms with van der Waals surface area (Å²) in [5, 5.41) is 6.23. The Morgan fingerprint density at radius 3 is 2.55 bits per heavy atom. The molecule has 4 rings (SSSR count). The van der Waals surface area contributed by atoms with Crippen molar-refractivity contribution >= 4 is 17.5 Å². The van der Waals surface area contributed by atoms with Crippen molar-refractivity contribution in [1.82, 2.24) is 20.0 Å². The highest BCUT2D eigenvalue weighted by Crippen LogP contribution is 2.23. The van der Waals surface area contributed by atoms with Gasteiger partial charge in [0.2, 0.25) is 5.91 Å². The van der Waals surface area contributed by atoms with E-state index < -0.39 is 0 Å². The number of aromatic nitrogens is 2. The fourth-order valence-electron chi connectivity index (χ4n) is 4.78. The smallest absolute Gasteiger partial charge is 0.268 e. The van der Waals surface area contributed by atoms with Crippen LogP contribution in [-0.2, 0) is 11.2 Å². The van der Waals surface area contributed by atoms with E-state index in [-0.39, 0.29) is 24.2 Å². The maximum Gasteiger partial charge on any atom is 0.268 e. The molecule has 2 N–H and O–H groups in total. The largest absolute Gasteiger partial charge is 0.353 e. The Bertz CT molecular complexity index is 1080. The lowest BCUT2D eigenvalue weighted by molar-refractivity contribution is -0.121. The number of carbonyl (C=O) groups excluding carboxylic acids is 2. The first kappa shape index (κ1) is 23.0. The summed E-state index contributed by atoms with van der Waals surface area (Å²) in [6.45, 7) is 4.98. The SMILES string of the molecule is CC(C)CC(CNC(=O)c1cccc2nc(CC(=O)NC3CCCC3)cn12)c1ccccc1. The van der Waals surface area contributed by atoms with Crippen molar-refractivity contribution in [1.29, 1.82) is 0 Å². The van der Waals surface area contributed by atoms with Crippen LogP contribution in [0.2, 0.25) is 0 Å². The monoisotopic (exact) mass is 446 g/mol. The van der Waals surface area contributed by atoms with Crippen LogP contribution in [0.4, 0.5) is 0 Å². The molecule has 33 heavy (non-hydrogen) atoms. The first-order valence-electron chi connectivity index (χ1n) is 12.1. The predicted octanol–water partition coefficient (Wildman–Crippen LogP) is 4.50. The highest BCUT2D eigenvalue weighted by molar-refractivity contribution is 5.93. The van der Waals surface area contributed by atoms with Gasteiger partial charge in [-0.05, 0) is 42.9 Å². The zero-order chi connectivity index (χ0) is 23.2. The summed E-state index contributed by atoms with van der Waals surface area (Å²) in [6, 6.07) is 16.1. The summed E-state index contributed by atoms with van der Waals surface area (Å²) in [5.74, 6) is 0.648. The molecule has 6 heteroatoms. The van der Waals surface area contributed by atoms with Crippen LogP contribution in [0, 0.1) is 5.92 Å². The van der Waals surface area contributed by atoms with E-state index in [4.69, 9.17) is 0 Å². The fraction of sp³-hybridized carbons (Fsp3) is 0.444. The van der Waals surface area contributed by atoms with Gasteiger partial charge < -0.3 is 10.6 Å². The molecule has 0 saturated heterocycles. The van der Waals surface area contributed by atoms with E-state index in [1.807, 2.05) is 30.3 Å². The molecule has 6 nitrogen and oxygen atoms in total. The average molecular weight is 447 g/mol. The number of rotatable bonds is 9. The number of fused-ring (bicyclic) bond motifs is 1. The summed E-state index contributed by atoms with van der Waals surface area (Å²) in [7, 11) is 0. The molecule has 2 aromatic heterocycles. The number of pyridine rings is 1. The van der Waals surface area contributed by atoms with Gasteiger partial charge in [0.25, 0.3) is 5.91 Å². The molecule has 1 fully saturated rings. The minimum absolute atomic E-state index is 0.00399. The molecule has 0 radical (unpaired) electrons. The molecular weight excluding hydrogens is 412 g/mol. The van der Waals surface area contributed by atoms with Crippen LogP contribution < -0.4 is 10.6 Å². The molecule has 1 saturated carbocycles. The van der Waals surface area contributed by atoms with Crippen molar-refractivity contribution in [2.45, 2.75) is 64.3 Å². The van der Waals surface area contributed by atoms with Crippen LogP contribution in [0.15, 0.2) is 54.7 Å². The minimum Gasteiger partial charge on any atom is -0.353 e. The van der Waals surface area contributed by atoms with Crippen molar-refractivity contribution < 1.29 is 9.59 Å². The second-order valence-electron chi connectivity index (χ2n) is 9.54. The van der Waals surface area contributed by atoms with E-state index in [1.54, 1.807) is 16.7 Å². The third-order valence-electron chi connectivity index (χ3n) is 6.37. The number of imidazole rings is 1. The quantitative estimate of drug-likeness (QED) is 0.508. The van der Waals surface area contributed by atoms with Gasteiger partial charge in [-0.25, -0.2) is 4.98 Å². The number of hydrogen-bond acceptors (Lipinski definition) is 3. The average Bonchev–Trinajstić information content (AvgIpc) is 3.45. The molecule has 0 bridgehead atoms. The van der Waals surface area contributed by atoms with E-state index in [9.17, 15) is 9.59 Å². The second-order valence-corrected chi connectivity index (χ2v) is 9.54. The van der Waals surface area contributed by atoms with Crippen LogP contribution in [-0.4, -0.2) is 33.8 Å². The maximum atomic E-state index is 13.1. The maximum absolute atomic E-state index is 13.1. The van der Waals surface area contributed by atoms with Gasteiger partial charge in [-0.1, -0.05) is 63.1 Å². The fourth-order valence-corrected chi connectivity index (χ4v) is 4.78. The number of hydrogen-bond donors (Lipinski definition) is 2. The molecule has 1 aromatic carbocycles. The van der Waals surface area contributed by atoms with Crippen molar-refractivity contribution in [3.63, 3.8) is 0 Å². The third kappa shape index (κ3) is 6.01. The van der Waals surface area contributed by atoms with Gasteiger partial charge in [-0.2, -0.15) is 0 Å². The van der Waals surface area contributed by atoms with Gasteiger partial charge in [0.1, 0.15) is 11.3 Å². The minimum atomic E-state index is -0.135. The molecule has 2 heterocycles. The van der Waals surface area contributed by atoms with Gasteiger partial charge in [0.15, 0.2) is 0 Å². The molecule has 3 aromatic rings. The van der Waals surface area contributed by atoms with Gasteiger partial charge in [0, 0.05) is 24.7 Å². The lowest BCUT2D eigenvalue weighted by atomic mass is 9.90. The first-order valence-corrected chi connectivity index (χ1v) is 12.1. The molecule has 0 spiro atoms. The van der Waals surface area contributed by atoms with Gasteiger partial charge in [0.05, 0.1) is 12.1 Å². The number of benzene rings is 1. The zero-order valence-corrected chi connectivity index (χ0v) is 19.6. The van der Waals surface area contributed by atoms with Gasteiger partial charge >= 0.3 is 0 Å². The molecule has 0 aliphatic heterocycles. The molecule has 1 unspecified atom stereocenters. The molecule has 1 aliphatic rings. The van der Waals surface area contributed by atoms with Gasteiger partial charge in [-0.15, -0.1) is 0 Å². The molecule has 1 aliphatic carbocycles. The summed E-state index contributed by atoms with van der Waals surface area (Å²) >= 11 is 0. The number of nitrogens with one attached hydrogen (secondary N) is 2. The van der Waals surface area contributed by atoms with Crippen molar-refractivity contribution in [2.75, 3.05) is 6.54 Å². The Kier molecular flexibility index (Phi) is 7.43. The summed E-state index contributed by atoms with van der Waals surface area (Å²) in [4.78, 5) is 30.1. The molecular formula is C27H34N4O2. The Morgan fingerprint density at radius 1 is 1.06 bits per heavy atom. The summed E-state index contributed by atoms with van der Waals surface area (Å²) < 4.78 is 1.79. The number of carbonyl (C=O) groups is 2. The predicted molar refractivity (Wildman–Crippen MR) is 130 cm³/mol. The van der Waals surface area contributed by atoms with Crippen molar-refractivity contribution in [2.24, 2.45) is 5.92 Å². The van der Waals surface area contributed by atoms with Crippen LogP contribution in [0.1, 0.15) is 73.6 Å². The van der Waals surface area contributed by atoms with E-state index >= 15 is 0 Å². The molecule has 174 valence electrons. The lowest BCUT2D eigenvalue weighted by Crippen LogP contribution is -2.33. The summed E-state index contributed by atoms with van der Waals surface area (Å²) in [5.41, 5.74) is 3.11. The third-order valence-corrected chi connectivity index (χ3v) is 6.37. The Balaban J connectivity index is 1.44. The molecule has 1 atom stereocenters. The van der Waals surface area contributed by atoms with Crippen LogP contribution in [0.25, 0.3) is 5.65 Å². The van der Waals surface area contributed by atoms with E-state index in [0.717, 1.165) is 19.3 Å². The van der Waals surface area contributed by atoms with Crippen LogP contribution in [0.5, 0.6) is 0 Å². The standard InChI is InChI=1S/C27H34N4O2/c1-19(2)15-21(20-9-4-3-5-10-20)17-28-27(33)24-13-8-14-25-29-23(18-31(24)25)16-26(32)30-22-11-6-7-12-22/h3-5,8-10,13-14,18-19,21-22H,6-7,11-12,15-17H2,1-2H3,(H,28,33)(H,30,32). The van der Waals surface area contributed by atoms with Gasteiger partial charge in [-0.3, -0.25) is 14.0 Å². The molecule has 2 amide bonds. The second kappa shape index (κ2) is 10.6. The topological polar surface area (TPSA) is 75.5 Å². The number of amides is 2. The zero-order valence-electron chi connectivity index (χ0n) is 19.6.